The van der Waals surface area contributed by atoms with Gasteiger partial charge < -0.3 is 9.22 Å². The summed E-state index contributed by atoms with van der Waals surface area (Å²) < 4.78 is 6.77. The Bertz CT molecular complexity index is 111. The molecule has 0 aliphatic carbocycles. The summed E-state index contributed by atoms with van der Waals surface area (Å²) in [6, 6.07) is 0. The first-order chi connectivity index (χ1) is 6.10. The van der Waals surface area contributed by atoms with Crippen molar-refractivity contribution in [1.82, 2.24) is 0 Å². The van der Waals surface area contributed by atoms with Crippen molar-refractivity contribution in [3.8, 4) is 0 Å². The van der Waals surface area contributed by atoms with Crippen molar-refractivity contribution in [2.45, 2.75) is 40.7 Å². The highest BCUT2D eigenvalue weighted by Gasteiger charge is 2.19. The zero-order chi connectivity index (χ0) is 10.3. The maximum Gasteiger partial charge on any atom is 0.102 e. The molecule has 0 rings (SSSR count). The maximum atomic E-state index is 5.59. The smallest absolute Gasteiger partial charge is 0.102 e. The van der Waals surface area contributed by atoms with E-state index in [1.165, 1.54) is 24.1 Å². The summed E-state index contributed by atoms with van der Waals surface area (Å²) in [6.45, 7) is 16.7. The summed E-state index contributed by atoms with van der Waals surface area (Å²) in [5.41, 5.74) is 0. The van der Waals surface area contributed by atoms with E-state index in [9.17, 15) is 0 Å². The van der Waals surface area contributed by atoms with E-state index in [1.807, 2.05) is 0 Å². The lowest BCUT2D eigenvalue weighted by molar-refractivity contribution is -0.923. The topological polar surface area (TPSA) is 9.23 Å². The Labute approximate surface area is 83.5 Å². The lowest BCUT2D eigenvalue weighted by Crippen LogP contribution is -2.49. The normalized spacial score (nSPS) is 12.5. The van der Waals surface area contributed by atoms with Crippen molar-refractivity contribution in [3.05, 3.63) is 0 Å². The van der Waals surface area contributed by atoms with Gasteiger partial charge in [0.2, 0.25) is 0 Å². The molecule has 0 bridgehead atoms. The average molecular weight is 188 g/mol. The van der Waals surface area contributed by atoms with Gasteiger partial charge in [-0.2, -0.15) is 0 Å². The number of nitrogens with zero attached hydrogens (tertiary/aromatic N) is 1. The van der Waals surface area contributed by atoms with Crippen molar-refractivity contribution in [3.63, 3.8) is 0 Å². The summed E-state index contributed by atoms with van der Waals surface area (Å²) in [7, 11) is 0. The fourth-order valence-electron chi connectivity index (χ4n) is 1.63. The van der Waals surface area contributed by atoms with Crippen LogP contribution >= 0.6 is 0 Å². The number of likely N-dealkylation sites (N-methyl/N-ethyl adjacent to an activating group) is 1. The van der Waals surface area contributed by atoms with E-state index in [0.717, 1.165) is 13.2 Å². The van der Waals surface area contributed by atoms with E-state index in [1.54, 1.807) is 0 Å². The van der Waals surface area contributed by atoms with Crippen molar-refractivity contribution < 1.29 is 9.22 Å². The largest absolute Gasteiger partial charge is 0.373 e. The first kappa shape index (κ1) is 12.9. The van der Waals surface area contributed by atoms with Crippen LogP contribution in [0.5, 0.6) is 0 Å². The number of rotatable bonds is 7. The molecule has 0 aliphatic heterocycles. The van der Waals surface area contributed by atoms with Crippen LogP contribution in [0.15, 0.2) is 0 Å². The Hall–Kier alpha value is -0.0800. The zero-order valence-corrected chi connectivity index (χ0v) is 9.97. The van der Waals surface area contributed by atoms with E-state index >= 15 is 0 Å². The highest BCUT2D eigenvalue weighted by atomic mass is 16.5. The Morgan fingerprint density at radius 1 is 1.00 bits per heavy atom. The summed E-state index contributed by atoms with van der Waals surface area (Å²) in [5.74, 6) is 0. The van der Waals surface area contributed by atoms with Crippen LogP contribution in [0.1, 0.15) is 34.6 Å². The quantitative estimate of drug-likeness (QED) is 0.557. The predicted molar refractivity (Wildman–Crippen MR) is 57.8 cm³/mol. The number of hydrogen-bond acceptors (Lipinski definition) is 1. The molecule has 0 amide bonds. The molecule has 0 N–H and O–H groups in total. The van der Waals surface area contributed by atoms with Gasteiger partial charge in [-0.3, -0.25) is 0 Å². The van der Waals surface area contributed by atoms with Gasteiger partial charge in [0.05, 0.1) is 32.3 Å². The molecule has 80 valence electrons. The molecule has 0 atom stereocenters. The van der Waals surface area contributed by atoms with Gasteiger partial charge in [0.25, 0.3) is 0 Å². The van der Waals surface area contributed by atoms with Crippen LogP contribution in [-0.4, -0.2) is 43.4 Å². The number of quaternary nitrogens is 1. The van der Waals surface area contributed by atoms with Crippen LogP contribution in [0.2, 0.25) is 0 Å². The third-order valence-electron chi connectivity index (χ3n) is 3.03. The SMILES string of the molecule is CC[N+](CC)(CC)CCOC(C)C. The van der Waals surface area contributed by atoms with Gasteiger partial charge in [-0.05, 0) is 34.6 Å². The van der Waals surface area contributed by atoms with Crippen LogP contribution in [-0.2, 0) is 4.74 Å². The Kier molecular flexibility index (Phi) is 6.35. The van der Waals surface area contributed by atoms with E-state index in [2.05, 4.69) is 34.6 Å². The first-order valence-corrected chi connectivity index (χ1v) is 5.57. The summed E-state index contributed by atoms with van der Waals surface area (Å²) in [5, 5.41) is 0. The second kappa shape index (κ2) is 6.39. The molecule has 13 heavy (non-hydrogen) atoms. The standard InChI is InChI=1S/C11H26NO/c1-6-12(7-2,8-3)9-10-13-11(4)5/h11H,6-10H2,1-5H3/q+1. The third-order valence-corrected chi connectivity index (χ3v) is 3.03. The highest BCUT2D eigenvalue weighted by Crippen LogP contribution is 2.05. The molecule has 0 unspecified atom stereocenters. The van der Waals surface area contributed by atoms with Gasteiger partial charge in [-0.15, -0.1) is 0 Å². The van der Waals surface area contributed by atoms with Crippen LogP contribution in [0.4, 0.5) is 0 Å². The zero-order valence-electron chi connectivity index (χ0n) is 9.97. The summed E-state index contributed by atoms with van der Waals surface area (Å²) >= 11 is 0. The molecule has 2 nitrogen and oxygen atoms in total. The molecule has 0 fully saturated rings. The Morgan fingerprint density at radius 3 is 1.77 bits per heavy atom. The molecule has 0 aromatic heterocycles. The molecule has 0 spiro atoms. The van der Waals surface area contributed by atoms with Crippen LogP contribution in [0.25, 0.3) is 0 Å². The van der Waals surface area contributed by atoms with Gasteiger partial charge in [0.15, 0.2) is 0 Å². The molecule has 0 saturated heterocycles. The second-order valence-electron chi connectivity index (χ2n) is 3.93. The van der Waals surface area contributed by atoms with Crippen molar-refractivity contribution in [2.24, 2.45) is 0 Å². The van der Waals surface area contributed by atoms with Gasteiger partial charge in [-0.25, -0.2) is 0 Å². The molecule has 0 aromatic carbocycles. The van der Waals surface area contributed by atoms with Gasteiger partial charge in [0, 0.05) is 0 Å². The van der Waals surface area contributed by atoms with Crippen molar-refractivity contribution in [1.29, 1.82) is 0 Å². The fraction of sp³-hybridized carbons (Fsp3) is 1.00. The monoisotopic (exact) mass is 188 g/mol. The minimum atomic E-state index is 0.368. The fourth-order valence-corrected chi connectivity index (χ4v) is 1.63. The highest BCUT2D eigenvalue weighted by molar-refractivity contribution is 4.41. The molecule has 0 aromatic rings. The first-order valence-electron chi connectivity index (χ1n) is 5.57. The maximum absolute atomic E-state index is 5.59. The van der Waals surface area contributed by atoms with Gasteiger partial charge in [0.1, 0.15) is 6.54 Å². The second-order valence-corrected chi connectivity index (χ2v) is 3.93. The predicted octanol–water partition coefficient (Wildman–Crippen LogP) is 2.29. The van der Waals surface area contributed by atoms with Crippen LogP contribution in [0, 0.1) is 0 Å². The average Bonchev–Trinajstić information content (AvgIpc) is 2.13. The Balaban J connectivity index is 3.81. The molecule has 0 aliphatic rings. The van der Waals surface area contributed by atoms with Crippen molar-refractivity contribution in [2.75, 3.05) is 32.8 Å². The van der Waals surface area contributed by atoms with Crippen LogP contribution in [0.3, 0.4) is 0 Å². The van der Waals surface area contributed by atoms with E-state index < -0.39 is 0 Å². The molecule has 2 heteroatoms. The lowest BCUT2D eigenvalue weighted by Gasteiger charge is -2.35. The van der Waals surface area contributed by atoms with Crippen molar-refractivity contribution >= 4 is 0 Å². The molecule has 0 radical (unpaired) electrons. The minimum absolute atomic E-state index is 0.368. The number of hydrogen-bond donors (Lipinski definition) is 0. The van der Waals surface area contributed by atoms with E-state index in [-0.39, 0.29) is 0 Å². The minimum Gasteiger partial charge on any atom is -0.373 e. The van der Waals surface area contributed by atoms with E-state index in [0.29, 0.717) is 6.10 Å². The molecular formula is C11H26NO+. The molecule has 0 saturated carbocycles. The summed E-state index contributed by atoms with van der Waals surface area (Å²) in [4.78, 5) is 0. The third kappa shape index (κ3) is 4.63. The molecular weight excluding hydrogens is 162 g/mol. The van der Waals surface area contributed by atoms with E-state index in [4.69, 9.17) is 4.74 Å². The van der Waals surface area contributed by atoms with Gasteiger partial charge >= 0.3 is 0 Å². The van der Waals surface area contributed by atoms with Gasteiger partial charge in [-0.1, -0.05) is 0 Å². The summed E-state index contributed by atoms with van der Waals surface area (Å²) in [6.07, 6.45) is 0.368. The lowest BCUT2D eigenvalue weighted by atomic mass is 10.3. The molecule has 0 heterocycles. The Morgan fingerprint density at radius 2 is 1.46 bits per heavy atom. The van der Waals surface area contributed by atoms with Crippen LogP contribution < -0.4 is 0 Å². The number of ether oxygens (including phenoxy) is 1.